The fraction of sp³-hybridized carbons (Fsp3) is 0.250. The number of ether oxygens (including phenoxy) is 2. The zero-order chi connectivity index (χ0) is 24.1. The highest BCUT2D eigenvalue weighted by Crippen LogP contribution is 2.28. The summed E-state index contributed by atoms with van der Waals surface area (Å²) >= 11 is 6.10. The third-order valence-electron chi connectivity index (χ3n) is 5.47. The molecule has 2 amide bonds. The Morgan fingerprint density at radius 2 is 2.00 bits per heavy atom. The molecule has 0 saturated heterocycles. The van der Waals surface area contributed by atoms with Gasteiger partial charge in [0, 0.05) is 23.0 Å². The third kappa shape index (κ3) is 4.60. The summed E-state index contributed by atoms with van der Waals surface area (Å²) in [4.78, 5) is 34.4. The number of nitrogens with two attached hydrogens (primary N) is 1. The predicted molar refractivity (Wildman–Crippen MR) is 126 cm³/mol. The Balaban J connectivity index is 1.63. The number of carbonyl (C=O) groups is 2. The van der Waals surface area contributed by atoms with Gasteiger partial charge >= 0.3 is 11.7 Å². The fourth-order valence-corrected chi connectivity index (χ4v) is 3.94. The van der Waals surface area contributed by atoms with Gasteiger partial charge in [0.1, 0.15) is 24.9 Å². The first-order valence-electron chi connectivity index (χ1n) is 10.8. The molecular formula is C24H24ClN5O4. The number of halogens is 1. The minimum Gasteiger partial charge on any atom is -0.447 e. The summed E-state index contributed by atoms with van der Waals surface area (Å²) < 4.78 is 12.5. The first-order valence-corrected chi connectivity index (χ1v) is 11.2. The van der Waals surface area contributed by atoms with E-state index >= 15 is 0 Å². The molecule has 1 aliphatic heterocycles. The second-order valence-electron chi connectivity index (χ2n) is 7.76. The number of primary amides is 1. The first-order chi connectivity index (χ1) is 16.4. The molecule has 3 aromatic rings. The van der Waals surface area contributed by atoms with Crippen molar-refractivity contribution in [1.82, 2.24) is 19.9 Å². The number of amides is 2. The Kier molecular flexibility index (Phi) is 6.83. The van der Waals surface area contributed by atoms with Gasteiger partial charge in [0.15, 0.2) is 5.82 Å². The van der Waals surface area contributed by atoms with Crippen LogP contribution in [0.2, 0.25) is 5.02 Å². The van der Waals surface area contributed by atoms with Crippen LogP contribution in [0, 0.1) is 0 Å². The van der Waals surface area contributed by atoms with Gasteiger partial charge in [-0.3, -0.25) is 14.2 Å². The Labute approximate surface area is 201 Å². The number of aromatic nitrogens is 3. The highest BCUT2D eigenvalue weighted by atomic mass is 35.5. The average molecular weight is 482 g/mol. The maximum absolute atomic E-state index is 13.4. The van der Waals surface area contributed by atoms with Gasteiger partial charge in [0.05, 0.1) is 11.3 Å². The van der Waals surface area contributed by atoms with Gasteiger partial charge in [-0.1, -0.05) is 43.5 Å². The van der Waals surface area contributed by atoms with Crippen LogP contribution in [0.1, 0.15) is 36.5 Å². The number of nitrogens with one attached hydrogen (secondary N) is 1. The molecule has 3 N–H and O–H groups in total. The van der Waals surface area contributed by atoms with Crippen molar-refractivity contribution in [2.24, 2.45) is 5.73 Å². The van der Waals surface area contributed by atoms with Gasteiger partial charge in [0.25, 0.3) is 5.91 Å². The van der Waals surface area contributed by atoms with E-state index in [0.29, 0.717) is 23.0 Å². The number of hydrogen-bond donors (Lipinski definition) is 2. The van der Waals surface area contributed by atoms with Crippen molar-refractivity contribution in [2.75, 3.05) is 0 Å². The van der Waals surface area contributed by atoms with Crippen molar-refractivity contribution >= 4 is 23.4 Å². The molecule has 9 nitrogen and oxygen atoms in total. The lowest BCUT2D eigenvalue weighted by atomic mass is 9.99. The molecule has 34 heavy (non-hydrogen) atoms. The molecule has 0 bridgehead atoms. The van der Waals surface area contributed by atoms with Crippen molar-refractivity contribution in [1.29, 1.82) is 0 Å². The number of imidazole rings is 1. The molecule has 1 atom stereocenters. The van der Waals surface area contributed by atoms with Crippen molar-refractivity contribution in [3.63, 3.8) is 0 Å². The van der Waals surface area contributed by atoms with Crippen LogP contribution in [0.5, 0.6) is 0 Å². The second kappa shape index (κ2) is 9.96. The van der Waals surface area contributed by atoms with E-state index in [-0.39, 0.29) is 5.56 Å². The lowest BCUT2D eigenvalue weighted by molar-refractivity contribution is -0.182. The van der Waals surface area contributed by atoms with Gasteiger partial charge in [-0.2, -0.15) is 0 Å². The second-order valence-corrected chi connectivity index (χ2v) is 8.20. The average Bonchev–Trinajstić information content (AvgIpc) is 3.53. The van der Waals surface area contributed by atoms with E-state index in [2.05, 4.69) is 15.3 Å². The molecule has 3 heterocycles. The van der Waals surface area contributed by atoms with E-state index in [4.69, 9.17) is 26.8 Å². The summed E-state index contributed by atoms with van der Waals surface area (Å²) in [5.74, 6) is -2.72. The van der Waals surface area contributed by atoms with Crippen LogP contribution in [0.25, 0.3) is 17.1 Å². The summed E-state index contributed by atoms with van der Waals surface area (Å²) in [7, 11) is 0. The molecule has 0 fully saturated rings. The van der Waals surface area contributed by atoms with Crippen LogP contribution in [0.4, 0.5) is 0 Å². The number of carbonyl (C=O) groups excluding carboxylic acids is 2. The lowest BCUT2D eigenvalue weighted by Gasteiger charge is -2.33. The van der Waals surface area contributed by atoms with Gasteiger partial charge in [0.2, 0.25) is 0 Å². The maximum atomic E-state index is 13.4. The maximum Gasteiger partial charge on any atom is 0.351 e. The topological polar surface area (TPSA) is 121 Å². The third-order valence-corrected chi connectivity index (χ3v) is 5.71. The predicted octanol–water partition coefficient (Wildman–Crippen LogP) is 3.58. The Morgan fingerprint density at radius 3 is 2.71 bits per heavy atom. The van der Waals surface area contributed by atoms with E-state index in [1.165, 1.54) is 12.5 Å². The number of benzene rings is 1. The summed E-state index contributed by atoms with van der Waals surface area (Å²) in [5, 5.41) is 3.46. The molecule has 0 radical (unpaired) electrons. The largest absolute Gasteiger partial charge is 0.447 e. The minimum atomic E-state index is -1.80. The number of unbranched alkanes of at least 4 members (excludes halogenated alkanes) is 1. The zero-order valence-electron chi connectivity index (χ0n) is 18.5. The van der Waals surface area contributed by atoms with Crippen molar-refractivity contribution in [2.45, 2.75) is 38.0 Å². The molecule has 2 aromatic heterocycles. The van der Waals surface area contributed by atoms with E-state index < -0.39 is 23.6 Å². The van der Waals surface area contributed by atoms with Crippen LogP contribution in [0.15, 0.2) is 67.6 Å². The highest BCUT2D eigenvalue weighted by molar-refractivity contribution is 6.30. The quantitative estimate of drug-likeness (QED) is 0.481. The SMILES string of the molecule is CCCCC(NC(=O)c1cccnc1-n1cnc(-c2cccc(Cl)c2)c1)C1(C(N)=O)OC=CO1. The van der Waals surface area contributed by atoms with Crippen LogP contribution < -0.4 is 11.1 Å². The van der Waals surface area contributed by atoms with E-state index in [1.807, 2.05) is 19.1 Å². The summed E-state index contributed by atoms with van der Waals surface area (Å²) in [5.41, 5.74) is 7.38. The van der Waals surface area contributed by atoms with Crippen molar-refractivity contribution < 1.29 is 19.1 Å². The molecule has 10 heteroatoms. The molecule has 1 aliphatic rings. The standard InChI is InChI=1S/C24H24ClN5O4/c1-2-3-9-20(24(23(26)32)33-11-12-34-24)29-22(31)18-8-5-10-27-21(18)30-14-19(28-15-30)16-6-4-7-17(25)13-16/h4-8,10-15,20H,2-3,9H2,1H3,(H2,26,32)(H,29,31). The summed E-state index contributed by atoms with van der Waals surface area (Å²) in [6, 6.07) is 9.79. The monoisotopic (exact) mass is 481 g/mol. The smallest absolute Gasteiger partial charge is 0.351 e. The van der Waals surface area contributed by atoms with E-state index in [0.717, 1.165) is 18.4 Å². The number of nitrogens with zero attached hydrogens (tertiary/aromatic N) is 3. The van der Waals surface area contributed by atoms with Crippen LogP contribution >= 0.6 is 11.6 Å². The Hall–Kier alpha value is -3.85. The molecule has 4 rings (SSSR count). The number of rotatable bonds is 9. The molecule has 1 unspecified atom stereocenters. The molecule has 0 saturated carbocycles. The Morgan fingerprint density at radius 1 is 1.21 bits per heavy atom. The normalized spacial score (nSPS) is 14.8. The van der Waals surface area contributed by atoms with E-state index in [9.17, 15) is 9.59 Å². The molecule has 1 aromatic carbocycles. The fourth-order valence-electron chi connectivity index (χ4n) is 3.75. The molecular weight excluding hydrogens is 458 g/mol. The van der Waals surface area contributed by atoms with Gasteiger partial charge in [-0.25, -0.2) is 9.97 Å². The number of hydrogen-bond acceptors (Lipinski definition) is 6. The molecule has 0 aliphatic carbocycles. The summed E-state index contributed by atoms with van der Waals surface area (Å²) in [6.45, 7) is 2.00. The van der Waals surface area contributed by atoms with Crippen LogP contribution in [0.3, 0.4) is 0 Å². The molecule has 176 valence electrons. The number of pyridine rings is 1. The van der Waals surface area contributed by atoms with Gasteiger partial charge < -0.3 is 20.5 Å². The minimum absolute atomic E-state index is 0.282. The first kappa shape index (κ1) is 23.3. The van der Waals surface area contributed by atoms with Gasteiger partial charge in [-0.15, -0.1) is 0 Å². The van der Waals surface area contributed by atoms with Crippen molar-refractivity contribution in [3.05, 3.63) is 78.2 Å². The zero-order valence-corrected chi connectivity index (χ0v) is 19.2. The van der Waals surface area contributed by atoms with E-state index in [1.54, 1.807) is 47.6 Å². The van der Waals surface area contributed by atoms with Crippen molar-refractivity contribution in [3.8, 4) is 17.1 Å². The lowest BCUT2D eigenvalue weighted by Crippen LogP contribution is -2.60. The summed E-state index contributed by atoms with van der Waals surface area (Å²) in [6.07, 6.45) is 9.39. The Bertz CT molecular complexity index is 1220. The molecule has 0 spiro atoms. The highest BCUT2D eigenvalue weighted by Gasteiger charge is 2.51. The van der Waals surface area contributed by atoms with Gasteiger partial charge in [-0.05, 0) is 30.7 Å². The van der Waals surface area contributed by atoms with Crippen LogP contribution in [-0.4, -0.2) is 38.2 Å². The van der Waals surface area contributed by atoms with Crippen LogP contribution in [-0.2, 0) is 14.3 Å².